The molecule has 0 fully saturated rings. The van der Waals surface area contributed by atoms with Crippen LogP contribution in [0.2, 0.25) is 0 Å². The molecule has 2 aromatic rings. The number of ether oxygens (including phenoxy) is 1. The number of carbonyl (C=O) groups excluding carboxylic acids is 1. The molecular weight excluding hydrogens is 286 g/mol. The standard InChI is InChI=1S/C20H25NO2/c1-14-10-15(2)12-19(11-14)23-9-8-21(5)20(22)18-7-6-16(3)17(4)13-18/h6-7,10-13H,8-9H2,1-5H3. The number of nitrogens with zero attached hydrogens (tertiary/aromatic N) is 1. The third-order valence-electron chi connectivity index (χ3n) is 3.99. The van der Waals surface area contributed by atoms with E-state index < -0.39 is 0 Å². The largest absolute Gasteiger partial charge is 0.492 e. The molecule has 3 heteroatoms. The number of likely N-dealkylation sites (N-methyl/N-ethyl adjacent to an activating group) is 1. The second-order valence-corrected chi connectivity index (χ2v) is 6.20. The maximum atomic E-state index is 12.4. The number of hydrogen-bond donors (Lipinski definition) is 0. The monoisotopic (exact) mass is 311 g/mol. The van der Waals surface area contributed by atoms with Gasteiger partial charge in [0.05, 0.1) is 6.54 Å². The summed E-state index contributed by atoms with van der Waals surface area (Å²) in [4.78, 5) is 14.1. The van der Waals surface area contributed by atoms with Crippen molar-refractivity contribution in [3.05, 3.63) is 64.2 Å². The van der Waals surface area contributed by atoms with Crippen LogP contribution in [-0.2, 0) is 0 Å². The molecule has 0 bridgehead atoms. The molecule has 0 aliphatic heterocycles. The van der Waals surface area contributed by atoms with E-state index in [-0.39, 0.29) is 5.91 Å². The van der Waals surface area contributed by atoms with E-state index in [1.54, 1.807) is 4.90 Å². The SMILES string of the molecule is Cc1cc(C)cc(OCCN(C)C(=O)c2ccc(C)c(C)c2)c1. The summed E-state index contributed by atoms with van der Waals surface area (Å²) in [6.45, 7) is 9.21. The quantitative estimate of drug-likeness (QED) is 0.833. The zero-order valence-electron chi connectivity index (χ0n) is 14.6. The highest BCUT2D eigenvalue weighted by molar-refractivity contribution is 5.94. The molecule has 2 rings (SSSR count). The Balaban J connectivity index is 1.92. The Bertz CT molecular complexity index is 687. The summed E-state index contributed by atoms with van der Waals surface area (Å²) in [5.74, 6) is 0.881. The van der Waals surface area contributed by atoms with E-state index in [2.05, 4.69) is 19.9 Å². The van der Waals surface area contributed by atoms with Crippen molar-refractivity contribution < 1.29 is 9.53 Å². The first-order chi connectivity index (χ1) is 10.9. The molecule has 0 saturated heterocycles. The summed E-state index contributed by atoms with van der Waals surface area (Å²) in [6.07, 6.45) is 0. The average molecular weight is 311 g/mol. The van der Waals surface area contributed by atoms with E-state index in [0.717, 1.165) is 16.9 Å². The normalized spacial score (nSPS) is 10.5. The highest BCUT2D eigenvalue weighted by atomic mass is 16.5. The fraction of sp³-hybridized carbons (Fsp3) is 0.350. The zero-order valence-corrected chi connectivity index (χ0v) is 14.6. The van der Waals surface area contributed by atoms with Crippen molar-refractivity contribution in [3.63, 3.8) is 0 Å². The summed E-state index contributed by atoms with van der Waals surface area (Å²) >= 11 is 0. The van der Waals surface area contributed by atoms with Crippen molar-refractivity contribution in [1.82, 2.24) is 4.90 Å². The van der Waals surface area contributed by atoms with Gasteiger partial charge < -0.3 is 9.64 Å². The Morgan fingerprint density at radius 1 is 0.957 bits per heavy atom. The highest BCUT2D eigenvalue weighted by Gasteiger charge is 2.12. The summed E-state index contributed by atoms with van der Waals surface area (Å²) in [5.41, 5.74) is 5.42. The number of hydrogen-bond acceptors (Lipinski definition) is 2. The number of aryl methyl sites for hydroxylation is 4. The van der Waals surface area contributed by atoms with Crippen molar-refractivity contribution in [3.8, 4) is 5.75 Å². The van der Waals surface area contributed by atoms with Crippen LogP contribution in [0.1, 0.15) is 32.6 Å². The van der Waals surface area contributed by atoms with Crippen molar-refractivity contribution in [1.29, 1.82) is 0 Å². The predicted molar refractivity (Wildman–Crippen MR) is 94.3 cm³/mol. The van der Waals surface area contributed by atoms with E-state index in [0.29, 0.717) is 13.2 Å². The molecule has 0 spiro atoms. The number of rotatable bonds is 5. The van der Waals surface area contributed by atoms with Crippen LogP contribution in [0.25, 0.3) is 0 Å². The van der Waals surface area contributed by atoms with Gasteiger partial charge in [0.25, 0.3) is 5.91 Å². The molecule has 0 atom stereocenters. The molecular formula is C20H25NO2. The van der Waals surface area contributed by atoms with Crippen LogP contribution in [0.5, 0.6) is 5.75 Å². The maximum absolute atomic E-state index is 12.4. The molecule has 3 nitrogen and oxygen atoms in total. The zero-order chi connectivity index (χ0) is 17.0. The fourth-order valence-corrected chi connectivity index (χ4v) is 2.51. The summed E-state index contributed by atoms with van der Waals surface area (Å²) in [6, 6.07) is 12.0. The molecule has 0 unspecified atom stereocenters. The van der Waals surface area contributed by atoms with Gasteiger partial charge in [0, 0.05) is 12.6 Å². The highest BCUT2D eigenvalue weighted by Crippen LogP contribution is 2.16. The molecule has 0 N–H and O–H groups in total. The van der Waals surface area contributed by atoms with E-state index in [9.17, 15) is 4.79 Å². The van der Waals surface area contributed by atoms with Crippen LogP contribution in [0, 0.1) is 27.7 Å². The van der Waals surface area contributed by atoms with Crippen molar-refractivity contribution in [2.75, 3.05) is 20.2 Å². The minimum atomic E-state index is 0.0251. The molecule has 0 aromatic heterocycles. The third kappa shape index (κ3) is 4.59. The van der Waals surface area contributed by atoms with Crippen LogP contribution in [0.3, 0.4) is 0 Å². The molecule has 2 aromatic carbocycles. The predicted octanol–water partition coefficient (Wildman–Crippen LogP) is 4.07. The summed E-state index contributed by atoms with van der Waals surface area (Å²) in [5, 5.41) is 0. The second kappa shape index (κ2) is 7.32. The summed E-state index contributed by atoms with van der Waals surface area (Å²) < 4.78 is 5.77. The molecule has 0 aliphatic rings. The number of amides is 1. The lowest BCUT2D eigenvalue weighted by Crippen LogP contribution is -2.30. The Morgan fingerprint density at radius 3 is 2.22 bits per heavy atom. The van der Waals surface area contributed by atoms with Gasteiger partial charge in [-0.3, -0.25) is 4.79 Å². The van der Waals surface area contributed by atoms with Crippen LogP contribution in [0.15, 0.2) is 36.4 Å². The Kier molecular flexibility index (Phi) is 5.43. The van der Waals surface area contributed by atoms with Crippen molar-refractivity contribution in [2.45, 2.75) is 27.7 Å². The lowest BCUT2D eigenvalue weighted by molar-refractivity contribution is 0.0773. The molecule has 23 heavy (non-hydrogen) atoms. The number of carbonyl (C=O) groups is 1. The van der Waals surface area contributed by atoms with Crippen molar-refractivity contribution >= 4 is 5.91 Å². The first-order valence-corrected chi connectivity index (χ1v) is 7.90. The van der Waals surface area contributed by atoms with Gasteiger partial charge >= 0.3 is 0 Å². The lowest BCUT2D eigenvalue weighted by Gasteiger charge is -2.18. The van der Waals surface area contributed by atoms with E-state index in [1.807, 2.05) is 51.2 Å². The molecule has 0 saturated carbocycles. The molecule has 122 valence electrons. The van der Waals surface area contributed by atoms with Gasteiger partial charge in [-0.15, -0.1) is 0 Å². The molecule has 0 heterocycles. The first-order valence-electron chi connectivity index (χ1n) is 7.90. The van der Waals surface area contributed by atoms with Gasteiger partial charge in [0.15, 0.2) is 0 Å². The van der Waals surface area contributed by atoms with E-state index >= 15 is 0 Å². The van der Waals surface area contributed by atoms with E-state index in [4.69, 9.17) is 4.74 Å². The lowest BCUT2D eigenvalue weighted by atomic mass is 10.1. The maximum Gasteiger partial charge on any atom is 0.253 e. The minimum Gasteiger partial charge on any atom is -0.492 e. The van der Waals surface area contributed by atoms with Crippen LogP contribution >= 0.6 is 0 Å². The van der Waals surface area contributed by atoms with Gasteiger partial charge in [-0.25, -0.2) is 0 Å². The van der Waals surface area contributed by atoms with Crippen LogP contribution in [-0.4, -0.2) is 31.0 Å². The summed E-state index contributed by atoms with van der Waals surface area (Å²) in [7, 11) is 1.81. The first kappa shape index (κ1) is 17.1. The van der Waals surface area contributed by atoms with E-state index in [1.165, 1.54) is 16.7 Å². The topological polar surface area (TPSA) is 29.5 Å². The van der Waals surface area contributed by atoms with Gasteiger partial charge in [-0.1, -0.05) is 12.1 Å². The van der Waals surface area contributed by atoms with Crippen LogP contribution in [0.4, 0.5) is 0 Å². The minimum absolute atomic E-state index is 0.0251. The Morgan fingerprint density at radius 2 is 1.61 bits per heavy atom. The van der Waals surface area contributed by atoms with Crippen LogP contribution < -0.4 is 4.74 Å². The molecule has 0 radical (unpaired) electrons. The smallest absolute Gasteiger partial charge is 0.253 e. The number of benzene rings is 2. The third-order valence-corrected chi connectivity index (χ3v) is 3.99. The molecule has 1 amide bonds. The Hall–Kier alpha value is -2.29. The fourth-order valence-electron chi connectivity index (χ4n) is 2.51. The Labute approximate surface area is 138 Å². The average Bonchev–Trinajstić information content (AvgIpc) is 2.48. The van der Waals surface area contributed by atoms with Gasteiger partial charge in [-0.2, -0.15) is 0 Å². The second-order valence-electron chi connectivity index (χ2n) is 6.20. The van der Waals surface area contributed by atoms with Gasteiger partial charge in [-0.05, 0) is 74.2 Å². The van der Waals surface area contributed by atoms with Gasteiger partial charge in [0.1, 0.15) is 12.4 Å². The van der Waals surface area contributed by atoms with Gasteiger partial charge in [0.2, 0.25) is 0 Å². The van der Waals surface area contributed by atoms with Crippen molar-refractivity contribution in [2.24, 2.45) is 0 Å². The molecule has 0 aliphatic carbocycles.